The van der Waals surface area contributed by atoms with Crippen molar-refractivity contribution in [1.82, 2.24) is 0 Å². The van der Waals surface area contributed by atoms with E-state index >= 15 is 0 Å². The molecule has 0 aliphatic heterocycles. The largest absolute Gasteiger partial charge is 0.389 e. The molecule has 0 aromatic carbocycles. The van der Waals surface area contributed by atoms with Crippen LogP contribution in [0.1, 0.15) is 99.3 Å². The molecule has 0 radical (unpaired) electrons. The molecule has 3 fully saturated rings. The lowest BCUT2D eigenvalue weighted by Gasteiger charge is -2.59. The molecule has 0 aromatic rings. The molecule has 0 amide bonds. The average molecular weight is 413 g/mol. The van der Waals surface area contributed by atoms with Gasteiger partial charge in [-0.2, -0.15) is 0 Å². The SMILES string of the molecule is CC[C@H](C=C[C@@H](C)[C@H]1CC[C@H]2[C@@H]3CCC4=C[C@@H](O)CC[C@]4(C)[C@H]3CC[C@]12C)C(C)C. The Morgan fingerprint density at radius 3 is 2.47 bits per heavy atom. The van der Waals surface area contributed by atoms with Crippen LogP contribution in [0.3, 0.4) is 0 Å². The third kappa shape index (κ3) is 3.66. The van der Waals surface area contributed by atoms with E-state index in [1.54, 1.807) is 5.57 Å². The summed E-state index contributed by atoms with van der Waals surface area (Å²) in [5, 5.41) is 10.2. The number of allylic oxidation sites excluding steroid dienone is 3. The molecule has 9 atom stereocenters. The molecule has 0 aromatic heterocycles. The van der Waals surface area contributed by atoms with E-state index in [0.717, 1.165) is 41.9 Å². The lowest BCUT2D eigenvalue weighted by molar-refractivity contribution is -0.0595. The minimum atomic E-state index is -0.181. The van der Waals surface area contributed by atoms with E-state index in [1.807, 2.05) is 0 Å². The maximum absolute atomic E-state index is 10.2. The van der Waals surface area contributed by atoms with E-state index in [2.05, 4.69) is 59.8 Å². The van der Waals surface area contributed by atoms with Gasteiger partial charge in [-0.25, -0.2) is 0 Å². The molecule has 1 nitrogen and oxygen atoms in total. The van der Waals surface area contributed by atoms with Gasteiger partial charge >= 0.3 is 0 Å². The zero-order valence-electron chi connectivity index (χ0n) is 20.7. The Morgan fingerprint density at radius 1 is 1.00 bits per heavy atom. The topological polar surface area (TPSA) is 20.2 Å². The first-order valence-corrected chi connectivity index (χ1v) is 13.3. The predicted molar refractivity (Wildman–Crippen MR) is 128 cm³/mol. The molecule has 4 aliphatic carbocycles. The Hall–Kier alpha value is -0.560. The number of hydrogen-bond donors (Lipinski definition) is 1. The summed E-state index contributed by atoms with van der Waals surface area (Å²) in [6.07, 6.45) is 19.0. The average Bonchev–Trinajstić information content (AvgIpc) is 3.06. The van der Waals surface area contributed by atoms with Crippen molar-refractivity contribution in [2.24, 2.45) is 52.3 Å². The van der Waals surface area contributed by atoms with Crippen molar-refractivity contribution in [3.63, 3.8) is 0 Å². The molecule has 0 bridgehead atoms. The van der Waals surface area contributed by atoms with E-state index in [1.165, 1.54) is 51.4 Å². The highest BCUT2D eigenvalue weighted by Gasteiger charge is 2.59. The lowest BCUT2D eigenvalue weighted by atomic mass is 9.46. The Balaban J connectivity index is 1.52. The fourth-order valence-electron chi connectivity index (χ4n) is 8.90. The Kier molecular flexibility index (Phi) is 6.35. The van der Waals surface area contributed by atoms with Crippen molar-refractivity contribution < 1.29 is 5.11 Å². The quantitative estimate of drug-likeness (QED) is 0.457. The van der Waals surface area contributed by atoms with E-state index in [0.29, 0.717) is 16.7 Å². The monoisotopic (exact) mass is 412 g/mol. The zero-order valence-corrected chi connectivity index (χ0v) is 20.7. The minimum Gasteiger partial charge on any atom is -0.389 e. The van der Waals surface area contributed by atoms with Crippen molar-refractivity contribution in [1.29, 1.82) is 0 Å². The lowest BCUT2D eigenvalue weighted by Crippen LogP contribution is -2.51. The van der Waals surface area contributed by atoms with Crippen LogP contribution in [0.15, 0.2) is 23.8 Å². The molecule has 0 unspecified atom stereocenters. The van der Waals surface area contributed by atoms with Crippen LogP contribution in [-0.2, 0) is 0 Å². The summed E-state index contributed by atoms with van der Waals surface area (Å²) in [4.78, 5) is 0. The second-order valence-corrected chi connectivity index (χ2v) is 12.4. The summed E-state index contributed by atoms with van der Waals surface area (Å²) < 4.78 is 0. The van der Waals surface area contributed by atoms with Gasteiger partial charge in [-0.15, -0.1) is 0 Å². The standard InChI is InChI=1S/C29H48O/c1-7-21(19(2)3)9-8-20(4)25-12-13-26-24-11-10-22-18-23(30)14-16-28(22,5)27(24)15-17-29(25,26)6/h8-9,18-21,23-27,30H,7,10-17H2,1-6H3/t20-,21-,23+,24+,25-,26+,27+,28+,29-/m1/s1. The van der Waals surface area contributed by atoms with Crippen LogP contribution in [0.4, 0.5) is 0 Å². The Bertz CT molecular complexity index is 674. The summed E-state index contributed by atoms with van der Waals surface area (Å²) in [5.74, 6) is 5.76. The van der Waals surface area contributed by atoms with Gasteiger partial charge in [0.15, 0.2) is 0 Å². The summed E-state index contributed by atoms with van der Waals surface area (Å²) in [6, 6.07) is 0. The number of hydrogen-bond acceptors (Lipinski definition) is 1. The van der Waals surface area contributed by atoms with Crippen LogP contribution in [-0.4, -0.2) is 11.2 Å². The van der Waals surface area contributed by atoms with Gasteiger partial charge in [0, 0.05) is 0 Å². The van der Waals surface area contributed by atoms with Crippen LogP contribution < -0.4 is 0 Å². The molecular weight excluding hydrogens is 364 g/mol. The zero-order chi connectivity index (χ0) is 21.7. The van der Waals surface area contributed by atoms with E-state index in [-0.39, 0.29) is 6.10 Å². The van der Waals surface area contributed by atoms with Crippen LogP contribution in [0.2, 0.25) is 0 Å². The molecule has 4 rings (SSSR count). The molecule has 1 N–H and O–H groups in total. The van der Waals surface area contributed by atoms with Gasteiger partial charge in [0.25, 0.3) is 0 Å². The fourth-order valence-corrected chi connectivity index (χ4v) is 8.90. The van der Waals surface area contributed by atoms with Crippen molar-refractivity contribution in [2.45, 2.75) is 105 Å². The highest BCUT2D eigenvalue weighted by atomic mass is 16.3. The van der Waals surface area contributed by atoms with Gasteiger partial charge in [-0.1, -0.05) is 65.3 Å². The van der Waals surface area contributed by atoms with Crippen molar-refractivity contribution in [3.8, 4) is 0 Å². The van der Waals surface area contributed by atoms with Crippen molar-refractivity contribution >= 4 is 0 Å². The molecule has 0 saturated heterocycles. The summed E-state index contributed by atoms with van der Waals surface area (Å²) >= 11 is 0. The minimum absolute atomic E-state index is 0.181. The molecule has 4 aliphatic rings. The second-order valence-electron chi connectivity index (χ2n) is 12.4. The number of fused-ring (bicyclic) bond motifs is 5. The van der Waals surface area contributed by atoms with Crippen LogP contribution >= 0.6 is 0 Å². The van der Waals surface area contributed by atoms with E-state index < -0.39 is 0 Å². The van der Waals surface area contributed by atoms with Gasteiger partial charge in [0.1, 0.15) is 0 Å². The molecular formula is C29H48O. The Morgan fingerprint density at radius 2 is 1.77 bits per heavy atom. The van der Waals surface area contributed by atoms with Crippen LogP contribution in [0, 0.1) is 52.3 Å². The molecule has 0 spiro atoms. The third-order valence-electron chi connectivity index (χ3n) is 10.8. The molecule has 0 heterocycles. The van der Waals surface area contributed by atoms with E-state index in [9.17, 15) is 5.11 Å². The normalized spacial score (nSPS) is 45.6. The first-order chi connectivity index (χ1) is 14.2. The van der Waals surface area contributed by atoms with Gasteiger partial charge in [-0.05, 0) is 110 Å². The maximum Gasteiger partial charge on any atom is 0.0724 e. The summed E-state index contributed by atoms with van der Waals surface area (Å²) in [6.45, 7) is 14.8. The van der Waals surface area contributed by atoms with Crippen molar-refractivity contribution in [2.75, 3.05) is 0 Å². The highest BCUT2D eigenvalue weighted by molar-refractivity contribution is 5.25. The van der Waals surface area contributed by atoms with Gasteiger partial charge < -0.3 is 5.11 Å². The molecule has 1 heteroatoms. The Labute approximate surface area is 186 Å². The molecule has 30 heavy (non-hydrogen) atoms. The number of aliphatic hydroxyl groups is 1. The first-order valence-electron chi connectivity index (χ1n) is 13.3. The molecule has 170 valence electrons. The van der Waals surface area contributed by atoms with Gasteiger partial charge in [0.2, 0.25) is 0 Å². The summed E-state index contributed by atoms with van der Waals surface area (Å²) in [5.41, 5.74) is 2.52. The third-order valence-corrected chi connectivity index (χ3v) is 10.8. The summed E-state index contributed by atoms with van der Waals surface area (Å²) in [7, 11) is 0. The van der Waals surface area contributed by atoms with Gasteiger partial charge in [0.05, 0.1) is 6.10 Å². The maximum atomic E-state index is 10.2. The van der Waals surface area contributed by atoms with Gasteiger partial charge in [-0.3, -0.25) is 0 Å². The number of rotatable bonds is 5. The number of aliphatic hydroxyl groups excluding tert-OH is 1. The fraction of sp³-hybridized carbons (Fsp3) is 0.862. The van der Waals surface area contributed by atoms with Crippen molar-refractivity contribution in [3.05, 3.63) is 23.8 Å². The van der Waals surface area contributed by atoms with Crippen LogP contribution in [0.25, 0.3) is 0 Å². The van der Waals surface area contributed by atoms with Crippen LogP contribution in [0.5, 0.6) is 0 Å². The highest BCUT2D eigenvalue weighted by Crippen LogP contribution is 2.67. The van der Waals surface area contributed by atoms with E-state index in [4.69, 9.17) is 0 Å². The smallest absolute Gasteiger partial charge is 0.0724 e. The molecule has 3 saturated carbocycles. The second kappa shape index (κ2) is 8.42. The predicted octanol–water partition coefficient (Wildman–Crippen LogP) is 7.80. The first kappa shape index (κ1) is 22.6.